The van der Waals surface area contributed by atoms with Crippen LogP contribution in [0.25, 0.3) is 0 Å². The summed E-state index contributed by atoms with van der Waals surface area (Å²) in [4.78, 5) is 39.9. The van der Waals surface area contributed by atoms with Crippen LogP contribution in [-0.2, 0) is 14.3 Å². The molecule has 1 aromatic carbocycles. The normalized spacial score (nSPS) is 15.6. The number of piperidine rings is 1. The lowest BCUT2D eigenvalue weighted by molar-refractivity contribution is -0.141. The quantitative estimate of drug-likeness (QED) is 0.640. The van der Waals surface area contributed by atoms with Crippen LogP contribution in [0.3, 0.4) is 0 Å². The Kier molecular flexibility index (Phi) is 7.44. The van der Waals surface area contributed by atoms with Gasteiger partial charge in [0.15, 0.2) is 0 Å². The number of methoxy groups -OCH3 is 1. The molecule has 1 aromatic heterocycles. The number of rotatable bonds is 6. The van der Waals surface area contributed by atoms with E-state index in [9.17, 15) is 14.4 Å². The van der Waals surface area contributed by atoms with Gasteiger partial charge in [-0.1, -0.05) is 22.0 Å². The number of ether oxygens (including phenoxy) is 1. The summed E-state index contributed by atoms with van der Waals surface area (Å²) in [5, 5.41) is 4.91. The van der Waals surface area contributed by atoms with Gasteiger partial charge in [0.1, 0.15) is 0 Å². The number of carbonyl (C=O) groups excluding carboxylic acids is 3. The maximum Gasteiger partial charge on any atom is 0.307 e. The minimum atomic E-state index is -0.391. The van der Waals surface area contributed by atoms with Crippen molar-refractivity contribution in [1.29, 1.82) is 0 Å². The fraction of sp³-hybridized carbons (Fsp3) is 0.381. The van der Waals surface area contributed by atoms with E-state index in [0.717, 1.165) is 9.35 Å². The highest BCUT2D eigenvalue weighted by Crippen LogP contribution is 2.25. The second-order valence-electron chi connectivity index (χ2n) is 6.93. The van der Waals surface area contributed by atoms with Gasteiger partial charge in [-0.3, -0.25) is 14.4 Å². The highest BCUT2D eigenvalue weighted by Gasteiger charge is 2.30. The molecule has 0 saturated carbocycles. The number of nitrogens with one attached hydrogen (secondary N) is 1. The van der Waals surface area contributed by atoms with Crippen LogP contribution >= 0.6 is 27.3 Å². The fourth-order valence-electron chi connectivity index (χ4n) is 3.37. The van der Waals surface area contributed by atoms with Crippen molar-refractivity contribution in [3.63, 3.8) is 0 Å². The summed E-state index contributed by atoms with van der Waals surface area (Å²) in [6.07, 6.45) is 1.30. The second-order valence-corrected chi connectivity index (χ2v) is 8.83. The molecule has 2 heterocycles. The third-order valence-electron chi connectivity index (χ3n) is 5.05. The average molecular weight is 479 g/mol. The van der Waals surface area contributed by atoms with E-state index in [1.54, 1.807) is 17.0 Å². The van der Waals surface area contributed by atoms with Gasteiger partial charge in [-0.2, -0.15) is 0 Å². The number of thiophene rings is 1. The maximum atomic E-state index is 12.8. The van der Waals surface area contributed by atoms with Crippen LogP contribution in [0, 0.1) is 5.92 Å². The minimum absolute atomic E-state index is 0.0153. The lowest BCUT2D eigenvalue weighted by Gasteiger charge is -2.32. The summed E-state index contributed by atoms with van der Waals surface area (Å²) in [5.74, 6) is -0.635. The molecular formula is C21H23BrN2O4S. The first kappa shape index (κ1) is 21.5. The molecule has 1 N–H and O–H groups in total. The highest BCUT2D eigenvalue weighted by atomic mass is 79.9. The van der Waals surface area contributed by atoms with Gasteiger partial charge in [0.2, 0.25) is 5.91 Å². The highest BCUT2D eigenvalue weighted by molar-refractivity contribution is 9.10. The topological polar surface area (TPSA) is 75.7 Å². The van der Waals surface area contributed by atoms with Crippen molar-refractivity contribution in [2.24, 2.45) is 5.92 Å². The lowest BCUT2D eigenvalue weighted by Crippen LogP contribution is -2.43. The molecule has 1 aliphatic heterocycles. The van der Waals surface area contributed by atoms with Gasteiger partial charge in [0.05, 0.1) is 19.6 Å². The van der Waals surface area contributed by atoms with Crippen LogP contribution in [-0.4, -0.2) is 42.9 Å². The van der Waals surface area contributed by atoms with E-state index in [0.29, 0.717) is 31.5 Å². The van der Waals surface area contributed by atoms with Crippen LogP contribution in [0.15, 0.2) is 46.3 Å². The van der Waals surface area contributed by atoms with E-state index in [1.165, 1.54) is 18.4 Å². The molecule has 3 rings (SSSR count). The first-order chi connectivity index (χ1) is 14.0. The number of benzene rings is 1. The molecule has 154 valence electrons. The van der Waals surface area contributed by atoms with Crippen LogP contribution in [0.4, 0.5) is 0 Å². The Morgan fingerprint density at radius 3 is 2.48 bits per heavy atom. The molecular weight excluding hydrogens is 456 g/mol. The molecule has 29 heavy (non-hydrogen) atoms. The first-order valence-electron chi connectivity index (χ1n) is 9.43. The lowest BCUT2D eigenvalue weighted by atomic mass is 9.94. The summed E-state index contributed by atoms with van der Waals surface area (Å²) in [6, 6.07) is 10.7. The predicted octanol–water partition coefficient (Wildman–Crippen LogP) is 3.78. The molecule has 6 nitrogen and oxygen atoms in total. The van der Waals surface area contributed by atoms with E-state index in [4.69, 9.17) is 4.74 Å². The van der Waals surface area contributed by atoms with E-state index < -0.39 is 6.04 Å². The molecule has 1 unspecified atom stereocenters. The fourth-order valence-corrected chi connectivity index (χ4v) is 4.41. The van der Waals surface area contributed by atoms with Gasteiger partial charge in [-0.05, 0) is 48.6 Å². The minimum Gasteiger partial charge on any atom is -0.469 e. The number of hydrogen-bond donors (Lipinski definition) is 1. The van der Waals surface area contributed by atoms with Gasteiger partial charge in [-0.15, -0.1) is 11.3 Å². The Bertz CT molecular complexity index is 846. The summed E-state index contributed by atoms with van der Waals surface area (Å²) in [6.45, 7) is 1.07. The molecule has 8 heteroatoms. The molecule has 0 bridgehead atoms. The van der Waals surface area contributed by atoms with E-state index >= 15 is 0 Å². The molecule has 1 fully saturated rings. The third kappa shape index (κ3) is 5.67. The number of likely N-dealkylation sites (tertiary alicyclic amines) is 1. The molecule has 2 amide bonds. The molecule has 0 radical (unpaired) electrons. The molecule has 2 aromatic rings. The zero-order chi connectivity index (χ0) is 20.8. The number of carbonyl (C=O) groups is 3. The van der Waals surface area contributed by atoms with Crippen molar-refractivity contribution in [2.75, 3.05) is 20.2 Å². The SMILES string of the molecule is COC(=O)CC(NC(=O)C1CCN(C(=O)c2ccc(Br)cc2)CC1)c1cccs1. The van der Waals surface area contributed by atoms with Crippen molar-refractivity contribution >= 4 is 45.1 Å². The van der Waals surface area contributed by atoms with Crippen LogP contribution in [0.1, 0.15) is 40.5 Å². The molecule has 0 aliphatic carbocycles. The van der Waals surface area contributed by atoms with Crippen LogP contribution < -0.4 is 5.32 Å². The Balaban J connectivity index is 1.56. The van der Waals surface area contributed by atoms with E-state index in [2.05, 4.69) is 21.2 Å². The monoisotopic (exact) mass is 478 g/mol. The number of nitrogens with zero attached hydrogens (tertiary/aromatic N) is 1. The van der Waals surface area contributed by atoms with E-state index in [-0.39, 0.29) is 30.1 Å². The van der Waals surface area contributed by atoms with Crippen molar-refractivity contribution < 1.29 is 19.1 Å². The number of amides is 2. The standard InChI is InChI=1S/C21H23BrN2O4S/c1-28-19(25)13-17(18-3-2-12-29-18)23-20(26)14-8-10-24(11-9-14)21(27)15-4-6-16(22)7-5-15/h2-7,12,14,17H,8-11,13H2,1H3,(H,23,26). The Morgan fingerprint density at radius 1 is 1.21 bits per heavy atom. The van der Waals surface area contributed by atoms with Crippen LogP contribution in [0.5, 0.6) is 0 Å². The second kappa shape index (κ2) is 10.0. The summed E-state index contributed by atoms with van der Waals surface area (Å²) < 4.78 is 5.69. The number of esters is 1. The maximum absolute atomic E-state index is 12.8. The van der Waals surface area contributed by atoms with Gasteiger partial charge in [0.25, 0.3) is 5.91 Å². The van der Waals surface area contributed by atoms with Gasteiger partial charge < -0.3 is 15.0 Å². The molecule has 1 saturated heterocycles. The predicted molar refractivity (Wildman–Crippen MR) is 115 cm³/mol. The smallest absolute Gasteiger partial charge is 0.307 e. The largest absolute Gasteiger partial charge is 0.469 e. The summed E-state index contributed by atoms with van der Waals surface area (Å²) in [7, 11) is 1.34. The van der Waals surface area contributed by atoms with Crippen molar-refractivity contribution in [1.82, 2.24) is 10.2 Å². The number of hydrogen-bond acceptors (Lipinski definition) is 5. The van der Waals surface area contributed by atoms with Crippen molar-refractivity contribution in [2.45, 2.75) is 25.3 Å². The first-order valence-corrected chi connectivity index (χ1v) is 11.1. The Morgan fingerprint density at radius 2 is 1.90 bits per heavy atom. The molecule has 1 atom stereocenters. The summed E-state index contributed by atoms with van der Waals surface area (Å²) >= 11 is 4.87. The van der Waals surface area contributed by atoms with Crippen LogP contribution in [0.2, 0.25) is 0 Å². The average Bonchev–Trinajstić information content (AvgIpc) is 3.28. The number of halogens is 1. The Hall–Kier alpha value is -2.19. The Labute approximate surface area is 182 Å². The molecule has 1 aliphatic rings. The van der Waals surface area contributed by atoms with Gasteiger partial charge >= 0.3 is 5.97 Å². The van der Waals surface area contributed by atoms with E-state index in [1.807, 2.05) is 29.6 Å². The zero-order valence-electron chi connectivity index (χ0n) is 16.1. The summed E-state index contributed by atoms with van der Waals surface area (Å²) in [5.41, 5.74) is 0.645. The third-order valence-corrected chi connectivity index (χ3v) is 6.56. The van der Waals surface area contributed by atoms with Gasteiger partial charge in [0, 0.05) is 33.9 Å². The van der Waals surface area contributed by atoms with Crippen molar-refractivity contribution in [3.05, 3.63) is 56.7 Å². The zero-order valence-corrected chi connectivity index (χ0v) is 18.5. The van der Waals surface area contributed by atoms with Crippen molar-refractivity contribution in [3.8, 4) is 0 Å². The van der Waals surface area contributed by atoms with Gasteiger partial charge in [-0.25, -0.2) is 0 Å². The molecule has 0 spiro atoms.